The summed E-state index contributed by atoms with van der Waals surface area (Å²) in [5.41, 5.74) is 2.62. The molecular weight excluding hydrogens is 326 g/mol. The molecule has 0 aliphatic heterocycles. The third kappa shape index (κ3) is 2.92. The predicted molar refractivity (Wildman–Crippen MR) is 93.5 cm³/mol. The Hall–Kier alpha value is -2.60. The van der Waals surface area contributed by atoms with Gasteiger partial charge in [-0.15, -0.1) is 0 Å². The zero-order chi connectivity index (χ0) is 17.3. The highest BCUT2D eigenvalue weighted by Gasteiger charge is 2.26. The van der Waals surface area contributed by atoms with E-state index < -0.39 is 16.0 Å². The highest BCUT2D eigenvalue weighted by Crippen LogP contribution is 2.30. The molecule has 0 spiro atoms. The van der Waals surface area contributed by atoms with E-state index in [2.05, 4.69) is 0 Å². The van der Waals surface area contributed by atoms with Crippen LogP contribution in [0, 0.1) is 0 Å². The zero-order valence-corrected chi connectivity index (χ0v) is 14.0. The summed E-state index contributed by atoms with van der Waals surface area (Å²) < 4.78 is 26.9. The van der Waals surface area contributed by atoms with Crippen LogP contribution in [0.4, 0.5) is 5.69 Å². The Balaban J connectivity index is 1.93. The molecule has 6 heteroatoms. The summed E-state index contributed by atoms with van der Waals surface area (Å²) in [6.45, 7) is 0. The monoisotopic (exact) mass is 343 g/mol. The van der Waals surface area contributed by atoms with Crippen LogP contribution in [0.25, 0.3) is 6.08 Å². The molecule has 1 aliphatic carbocycles. The van der Waals surface area contributed by atoms with Gasteiger partial charge in [0, 0.05) is 7.05 Å². The first-order valence-corrected chi connectivity index (χ1v) is 8.94. The van der Waals surface area contributed by atoms with Crippen LogP contribution in [0.15, 0.2) is 53.4 Å². The third-order valence-corrected chi connectivity index (χ3v) is 6.10. The molecule has 0 aromatic heterocycles. The number of anilines is 1. The smallest absolute Gasteiger partial charge is 0.335 e. The predicted octanol–water partition coefficient (Wildman–Crippen LogP) is 3.14. The number of carboxylic acids is 1. The van der Waals surface area contributed by atoms with Crippen molar-refractivity contribution in [3.8, 4) is 0 Å². The molecule has 0 amide bonds. The number of hydrogen-bond acceptors (Lipinski definition) is 3. The number of benzene rings is 2. The first-order chi connectivity index (χ1) is 11.4. The van der Waals surface area contributed by atoms with Crippen LogP contribution >= 0.6 is 0 Å². The SMILES string of the molecule is CN(c1ccc(C(=O)O)cc1)S(=O)(=O)C1=Cc2ccccc2CC1. The van der Waals surface area contributed by atoms with Crippen LogP contribution in [0.2, 0.25) is 0 Å². The minimum atomic E-state index is -3.64. The number of allylic oxidation sites excluding steroid dienone is 1. The van der Waals surface area contributed by atoms with Gasteiger partial charge < -0.3 is 5.11 Å². The second-order valence-electron chi connectivity index (χ2n) is 5.63. The standard InChI is InChI=1S/C18H17NO4S/c1-19(16-9-6-14(7-10-16)18(20)21)24(22,23)17-11-8-13-4-2-3-5-15(13)12-17/h2-7,9-10,12H,8,11H2,1H3,(H,20,21). The Morgan fingerprint density at radius 3 is 2.38 bits per heavy atom. The summed E-state index contributed by atoms with van der Waals surface area (Å²) in [7, 11) is -2.17. The van der Waals surface area contributed by atoms with Crippen LogP contribution in [-0.2, 0) is 16.4 Å². The van der Waals surface area contributed by atoms with Crippen molar-refractivity contribution in [1.82, 2.24) is 0 Å². The molecule has 0 unspecified atom stereocenters. The van der Waals surface area contributed by atoms with Gasteiger partial charge in [-0.25, -0.2) is 13.2 Å². The molecule has 0 radical (unpaired) electrons. The Bertz CT molecular complexity index is 914. The Labute approximate surface area is 140 Å². The summed E-state index contributed by atoms with van der Waals surface area (Å²) in [5, 5.41) is 8.93. The number of rotatable bonds is 4. The lowest BCUT2D eigenvalue weighted by Crippen LogP contribution is -2.28. The molecule has 0 atom stereocenters. The van der Waals surface area contributed by atoms with E-state index in [0.717, 1.165) is 11.1 Å². The number of hydrogen-bond donors (Lipinski definition) is 1. The van der Waals surface area contributed by atoms with Crippen molar-refractivity contribution >= 4 is 27.8 Å². The van der Waals surface area contributed by atoms with Gasteiger partial charge in [-0.2, -0.15) is 0 Å². The zero-order valence-electron chi connectivity index (χ0n) is 13.1. The second kappa shape index (κ2) is 6.13. The van der Waals surface area contributed by atoms with E-state index in [9.17, 15) is 13.2 Å². The molecule has 5 nitrogen and oxygen atoms in total. The molecule has 3 rings (SSSR count). The van der Waals surface area contributed by atoms with Crippen molar-refractivity contribution < 1.29 is 18.3 Å². The van der Waals surface area contributed by atoms with Gasteiger partial charge in [0.2, 0.25) is 0 Å². The molecule has 0 bridgehead atoms. The van der Waals surface area contributed by atoms with Crippen LogP contribution in [-0.4, -0.2) is 26.5 Å². The molecule has 0 saturated carbocycles. The van der Waals surface area contributed by atoms with Crippen LogP contribution in [0.3, 0.4) is 0 Å². The molecule has 24 heavy (non-hydrogen) atoms. The van der Waals surface area contributed by atoms with E-state index in [1.54, 1.807) is 6.08 Å². The minimum absolute atomic E-state index is 0.121. The summed E-state index contributed by atoms with van der Waals surface area (Å²) >= 11 is 0. The fraction of sp³-hybridized carbons (Fsp3) is 0.167. The van der Waals surface area contributed by atoms with E-state index in [0.29, 0.717) is 23.4 Å². The van der Waals surface area contributed by atoms with Gasteiger partial charge in [0.15, 0.2) is 0 Å². The van der Waals surface area contributed by atoms with Crippen LogP contribution in [0.5, 0.6) is 0 Å². The van der Waals surface area contributed by atoms with E-state index in [-0.39, 0.29) is 5.56 Å². The van der Waals surface area contributed by atoms with Crippen molar-refractivity contribution in [2.45, 2.75) is 12.8 Å². The van der Waals surface area contributed by atoms with E-state index in [1.165, 1.54) is 35.6 Å². The molecular formula is C18H17NO4S. The van der Waals surface area contributed by atoms with Crippen molar-refractivity contribution in [3.05, 3.63) is 70.1 Å². The quantitative estimate of drug-likeness (QED) is 0.925. The van der Waals surface area contributed by atoms with Gasteiger partial charge in [-0.1, -0.05) is 24.3 Å². The lowest BCUT2D eigenvalue weighted by molar-refractivity contribution is 0.0697. The largest absolute Gasteiger partial charge is 0.478 e. The van der Waals surface area contributed by atoms with Crippen molar-refractivity contribution in [2.24, 2.45) is 0 Å². The number of aryl methyl sites for hydroxylation is 1. The van der Waals surface area contributed by atoms with Crippen molar-refractivity contribution in [3.63, 3.8) is 0 Å². The summed E-state index contributed by atoms with van der Waals surface area (Å²) in [6.07, 6.45) is 2.86. The average Bonchev–Trinajstić information content (AvgIpc) is 2.60. The van der Waals surface area contributed by atoms with Gasteiger partial charge in [0.25, 0.3) is 10.0 Å². The molecule has 124 valence electrons. The number of aromatic carboxylic acids is 1. The Morgan fingerprint density at radius 2 is 1.71 bits per heavy atom. The number of fused-ring (bicyclic) bond motifs is 1. The fourth-order valence-electron chi connectivity index (χ4n) is 2.74. The molecule has 0 heterocycles. The topological polar surface area (TPSA) is 74.7 Å². The lowest BCUT2D eigenvalue weighted by Gasteiger charge is -2.24. The highest BCUT2D eigenvalue weighted by atomic mass is 32.2. The van der Waals surface area contributed by atoms with Crippen LogP contribution in [0.1, 0.15) is 27.9 Å². The van der Waals surface area contributed by atoms with Crippen molar-refractivity contribution in [1.29, 1.82) is 0 Å². The van der Waals surface area contributed by atoms with Gasteiger partial charge >= 0.3 is 5.97 Å². The molecule has 1 aliphatic rings. The normalized spacial score (nSPS) is 13.8. The molecule has 2 aromatic carbocycles. The van der Waals surface area contributed by atoms with Gasteiger partial charge in [-0.3, -0.25) is 4.31 Å². The van der Waals surface area contributed by atoms with E-state index in [4.69, 9.17) is 5.11 Å². The maximum atomic E-state index is 12.9. The lowest BCUT2D eigenvalue weighted by atomic mass is 9.98. The highest BCUT2D eigenvalue weighted by molar-refractivity contribution is 7.96. The number of nitrogens with zero attached hydrogens (tertiary/aromatic N) is 1. The van der Waals surface area contributed by atoms with Crippen molar-refractivity contribution in [2.75, 3.05) is 11.4 Å². The number of carboxylic acid groups (broad SMARTS) is 1. The molecule has 1 N–H and O–H groups in total. The Morgan fingerprint density at radius 1 is 1.04 bits per heavy atom. The molecule has 2 aromatic rings. The van der Waals surface area contributed by atoms with Gasteiger partial charge in [0.05, 0.1) is 16.2 Å². The van der Waals surface area contributed by atoms with Gasteiger partial charge in [-0.05, 0) is 54.3 Å². The fourth-order valence-corrected chi connectivity index (χ4v) is 4.13. The summed E-state index contributed by atoms with van der Waals surface area (Å²) in [4.78, 5) is 11.3. The molecule has 0 fully saturated rings. The first kappa shape index (κ1) is 16.3. The second-order valence-corrected chi connectivity index (χ2v) is 7.66. The number of sulfonamides is 1. The first-order valence-electron chi connectivity index (χ1n) is 7.50. The van der Waals surface area contributed by atoms with Gasteiger partial charge in [0.1, 0.15) is 0 Å². The van der Waals surface area contributed by atoms with Crippen LogP contribution < -0.4 is 4.31 Å². The average molecular weight is 343 g/mol. The maximum absolute atomic E-state index is 12.9. The molecule has 0 saturated heterocycles. The summed E-state index contributed by atoms with van der Waals surface area (Å²) in [6, 6.07) is 13.5. The van der Waals surface area contributed by atoms with E-state index in [1.807, 2.05) is 24.3 Å². The summed E-state index contributed by atoms with van der Waals surface area (Å²) in [5.74, 6) is -1.04. The number of carbonyl (C=O) groups is 1. The maximum Gasteiger partial charge on any atom is 0.335 e. The Kier molecular flexibility index (Phi) is 4.15. The van der Waals surface area contributed by atoms with E-state index >= 15 is 0 Å². The minimum Gasteiger partial charge on any atom is -0.478 e. The third-order valence-electron chi connectivity index (χ3n) is 4.18.